The molecular formula is C18H25N2S+. The monoisotopic (exact) mass is 301 g/mol. The van der Waals surface area contributed by atoms with Crippen LogP contribution >= 0.6 is 12.6 Å². The van der Waals surface area contributed by atoms with Crippen molar-refractivity contribution in [2.24, 2.45) is 0 Å². The Morgan fingerprint density at radius 3 is 2.33 bits per heavy atom. The van der Waals surface area contributed by atoms with E-state index in [9.17, 15) is 0 Å². The van der Waals surface area contributed by atoms with Gasteiger partial charge in [-0.1, -0.05) is 13.8 Å². The van der Waals surface area contributed by atoms with Crippen LogP contribution in [0.1, 0.15) is 49.7 Å². The summed E-state index contributed by atoms with van der Waals surface area (Å²) >= 11 is 4.27. The highest BCUT2D eigenvalue weighted by Crippen LogP contribution is 2.31. The molecule has 0 aliphatic heterocycles. The fraction of sp³-hybridized carbons (Fsp3) is 0.444. The molecule has 3 heteroatoms. The third-order valence-electron chi connectivity index (χ3n) is 4.15. The van der Waals surface area contributed by atoms with Gasteiger partial charge in [0.15, 0.2) is 18.9 Å². The fourth-order valence-electron chi connectivity index (χ4n) is 2.80. The highest BCUT2D eigenvalue weighted by atomic mass is 32.1. The zero-order valence-electron chi connectivity index (χ0n) is 12.9. The van der Waals surface area contributed by atoms with Crippen molar-refractivity contribution in [1.29, 1.82) is 0 Å². The zero-order valence-corrected chi connectivity index (χ0v) is 13.8. The van der Waals surface area contributed by atoms with Crippen molar-refractivity contribution in [2.75, 3.05) is 5.75 Å². The Kier molecular flexibility index (Phi) is 6.24. The Labute approximate surface area is 133 Å². The highest BCUT2D eigenvalue weighted by molar-refractivity contribution is 7.80. The summed E-state index contributed by atoms with van der Waals surface area (Å²) in [5.41, 5.74) is 2.82. The number of hydrogen-bond donors (Lipinski definition) is 1. The molecule has 0 fully saturated rings. The van der Waals surface area contributed by atoms with Crippen LogP contribution in [0.3, 0.4) is 0 Å². The Hall–Kier alpha value is -1.35. The van der Waals surface area contributed by atoms with Gasteiger partial charge in [0.1, 0.15) is 0 Å². The minimum Gasteiger partial charge on any atom is -0.265 e. The Morgan fingerprint density at radius 1 is 1.10 bits per heavy atom. The molecular weight excluding hydrogens is 276 g/mol. The van der Waals surface area contributed by atoms with Crippen molar-refractivity contribution in [3.05, 3.63) is 60.2 Å². The van der Waals surface area contributed by atoms with Crippen LogP contribution in [0.2, 0.25) is 0 Å². The summed E-state index contributed by atoms with van der Waals surface area (Å²) in [7, 11) is 0. The molecule has 0 aromatic carbocycles. The molecule has 2 rings (SSSR count). The fourth-order valence-corrected chi connectivity index (χ4v) is 3.03. The topological polar surface area (TPSA) is 16.8 Å². The van der Waals surface area contributed by atoms with Crippen LogP contribution in [0.25, 0.3) is 0 Å². The number of pyridine rings is 2. The lowest BCUT2D eigenvalue weighted by Crippen LogP contribution is -2.33. The minimum absolute atomic E-state index is 0.564. The molecule has 21 heavy (non-hydrogen) atoms. The maximum absolute atomic E-state index is 4.27. The predicted octanol–water partition coefficient (Wildman–Crippen LogP) is 3.99. The van der Waals surface area contributed by atoms with Crippen molar-refractivity contribution in [3.63, 3.8) is 0 Å². The van der Waals surface area contributed by atoms with E-state index in [-0.39, 0.29) is 0 Å². The van der Waals surface area contributed by atoms with Gasteiger partial charge in [-0.25, -0.2) is 4.57 Å². The lowest BCUT2D eigenvalue weighted by Gasteiger charge is -2.20. The lowest BCUT2D eigenvalue weighted by atomic mass is 9.85. The van der Waals surface area contributed by atoms with Gasteiger partial charge in [0.25, 0.3) is 0 Å². The van der Waals surface area contributed by atoms with Crippen LogP contribution in [-0.2, 0) is 6.54 Å². The SMILES string of the molecule is CCC(CC(C)c1cc[n+](CCS)cc1)c1ccncc1. The van der Waals surface area contributed by atoms with Gasteiger partial charge in [0.2, 0.25) is 0 Å². The van der Waals surface area contributed by atoms with Gasteiger partial charge in [0.05, 0.1) is 0 Å². The second kappa shape index (κ2) is 8.18. The van der Waals surface area contributed by atoms with Gasteiger partial charge in [-0.15, -0.1) is 0 Å². The average Bonchev–Trinajstić information content (AvgIpc) is 2.54. The van der Waals surface area contributed by atoms with E-state index in [0.29, 0.717) is 11.8 Å². The summed E-state index contributed by atoms with van der Waals surface area (Å²) in [6.45, 7) is 5.55. The van der Waals surface area contributed by atoms with Crippen LogP contribution in [0.4, 0.5) is 0 Å². The summed E-state index contributed by atoms with van der Waals surface area (Å²) in [6.07, 6.45) is 10.5. The first-order valence-corrected chi connectivity index (χ1v) is 8.37. The number of hydrogen-bond acceptors (Lipinski definition) is 2. The molecule has 2 heterocycles. The van der Waals surface area contributed by atoms with Gasteiger partial charge in [-0.2, -0.15) is 12.6 Å². The Balaban J connectivity index is 2.03. The molecule has 0 spiro atoms. The normalized spacial score (nSPS) is 13.9. The first kappa shape index (κ1) is 16.0. The van der Waals surface area contributed by atoms with Gasteiger partial charge in [-0.05, 0) is 47.9 Å². The zero-order chi connectivity index (χ0) is 15.1. The molecule has 2 aromatic rings. The van der Waals surface area contributed by atoms with Crippen LogP contribution in [0.5, 0.6) is 0 Å². The van der Waals surface area contributed by atoms with E-state index in [1.165, 1.54) is 24.0 Å². The summed E-state index contributed by atoms with van der Waals surface area (Å²) in [5.74, 6) is 2.04. The highest BCUT2D eigenvalue weighted by Gasteiger charge is 2.15. The molecule has 0 radical (unpaired) electrons. The number of aryl methyl sites for hydroxylation is 1. The first-order valence-electron chi connectivity index (χ1n) is 7.74. The molecule has 0 bridgehead atoms. The van der Waals surface area contributed by atoms with Crippen LogP contribution in [0, 0.1) is 0 Å². The Morgan fingerprint density at radius 2 is 1.76 bits per heavy atom. The lowest BCUT2D eigenvalue weighted by molar-refractivity contribution is -0.692. The predicted molar refractivity (Wildman–Crippen MR) is 90.8 cm³/mol. The van der Waals surface area contributed by atoms with E-state index in [0.717, 1.165) is 12.3 Å². The molecule has 0 saturated carbocycles. The molecule has 2 nitrogen and oxygen atoms in total. The molecule has 0 N–H and O–H groups in total. The van der Waals surface area contributed by atoms with Gasteiger partial charge >= 0.3 is 0 Å². The van der Waals surface area contributed by atoms with Crippen molar-refractivity contribution in [2.45, 2.75) is 45.1 Å². The van der Waals surface area contributed by atoms with Crippen molar-refractivity contribution >= 4 is 12.6 Å². The molecule has 0 aliphatic rings. The standard InChI is InChI=1S/C18H24N2S/c1-3-16(18-4-8-19-9-5-18)14-15(2)17-6-10-20(11-7-17)12-13-21/h4-11,15-16H,3,12-14H2,1-2H3/p+1. The average molecular weight is 301 g/mol. The maximum atomic E-state index is 4.27. The first-order chi connectivity index (χ1) is 10.2. The van der Waals surface area contributed by atoms with E-state index in [1.54, 1.807) is 0 Å². The van der Waals surface area contributed by atoms with E-state index in [4.69, 9.17) is 0 Å². The van der Waals surface area contributed by atoms with E-state index >= 15 is 0 Å². The minimum atomic E-state index is 0.564. The van der Waals surface area contributed by atoms with E-state index in [2.05, 4.69) is 72.7 Å². The van der Waals surface area contributed by atoms with Crippen molar-refractivity contribution < 1.29 is 4.57 Å². The molecule has 2 atom stereocenters. The molecule has 2 aromatic heterocycles. The summed E-state index contributed by atoms with van der Waals surface area (Å²) in [6, 6.07) is 8.78. The number of rotatable bonds is 7. The Bertz CT molecular complexity index is 525. The molecule has 0 saturated heterocycles. The molecule has 2 unspecified atom stereocenters. The van der Waals surface area contributed by atoms with Crippen LogP contribution < -0.4 is 4.57 Å². The summed E-state index contributed by atoms with van der Waals surface area (Å²) in [4.78, 5) is 4.12. The van der Waals surface area contributed by atoms with Gasteiger partial charge in [-0.3, -0.25) is 4.98 Å². The number of nitrogens with zero attached hydrogens (tertiary/aromatic N) is 2. The second-order valence-electron chi connectivity index (χ2n) is 5.62. The van der Waals surface area contributed by atoms with Crippen molar-refractivity contribution in [3.8, 4) is 0 Å². The van der Waals surface area contributed by atoms with E-state index < -0.39 is 0 Å². The maximum Gasteiger partial charge on any atom is 0.169 e. The summed E-state index contributed by atoms with van der Waals surface area (Å²) < 4.78 is 2.18. The van der Waals surface area contributed by atoms with Gasteiger partial charge < -0.3 is 0 Å². The molecule has 0 aliphatic carbocycles. The van der Waals surface area contributed by atoms with Crippen molar-refractivity contribution in [1.82, 2.24) is 4.98 Å². The quantitative estimate of drug-likeness (QED) is 0.604. The molecule has 0 amide bonds. The van der Waals surface area contributed by atoms with Crippen LogP contribution in [-0.4, -0.2) is 10.7 Å². The third kappa shape index (κ3) is 4.57. The van der Waals surface area contributed by atoms with Gasteiger partial charge in [0, 0.05) is 30.3 Å². The summed E-state index contributed by atoms with van der Waals surface area (Å²) in [5, 5.41) is 0. The largest absolute Gasteiger partial charge is 0.265 e. The molecule has 112 valence electrons. The van der Waals surface area contributed by atoms with E-state index in [1.807, 2.05) is 12.4 Å². The van der Waals surface area contributed by atoms with Crippen LogP contribution in [0.15, 0.2) is 49.1 Å². The third-order valence-corrected chi connectivity index (χ3v) is 4.35. The number of thiol groups is 1. The second-order valence-corrected chi connectivity index (χ2v) is 6.06. The number of aromatic nitrogens is 2. The smallest absolute Gasteiger partial charge is 0.169 e.